The third-order valence-electron chi connectivity index (χ3n) is 3.59. The standard InChI is InChI=1S/C14H20FNO2/c1-10(18)14-12(15)6-4-7-13(14)16-8-3-2-5-11(16)9-17/h4,6-7,10-11,17-18H,2-3,5,8-9H2,1H3. The van der Waals surface area contributed by atoms with Crippen LogP contribution in [0.4, 0.5) is 10.1 Å². The quantitative estimate of drug-likeness (QED) is 0.868. The summed E-state index contributed by atoms with van der Waals surface area (Å²) in [5.74, 6) is -0.384. The van der Waals surface area contributed by atoms with Crippen molar-refractivity contribution >= 4 is 5.69 Å². The molecule has 0 bridgehead atoms. The zero-order valence-electron chi connectivity index (χ0n) is 10.6. The maximum absolute atomic E-state index is 13.8. The molecule has 1 aromatic rings. The first-order chi connectivity index (χ1) is 8.65. The van der Waals surface area contributed by atoms with Gasteiger partial charge in [0.05, 0.1) is 18.8 Å². The van der Waals surface area contributed by atoms with E-state index in [-0.39, 0.29) is 18.5 Å². The molecule has 1 saturated heterocycles. The molecule has 18 heavy (non-hydrogen) atoms. The molecule has 0 saturated carbocycles. The highest BCUT2D eigenvalue weighted by Gasteiger charge is 2.26. The van der Waals surface area contributed by atoms with Crippen molar-refractivity contribution in [1.82, 2.24) is 0 Å². The fourth-order valence-corrected chi connectivity index (χ4v) is 2.70. The lowest BCUT2D eigenvalue weighted by molar-refractivity contribution is 0.193. The van der Waals surface area contributed by atoms with Crippen molar-refractivity contribution in [3.8, 4) is 0 Å². The Kier molecular flexibility index (Phi) is 4.19. The minimum atomic E-state index is -0.845. The molecule has 0 amide bonds. The second-order valence-corrected chi connectivity index (χ2v) is 4.87. The van der Waals surface area contributed by atoms with E-state index in [2.05, 4.69) is 0 Å². The predicted octanol–water partition coefficient (Wildman–Crippen LogP) is 2.23. The second-order valence-electron chi connectivity index (χ2n) is 4.87. The first-order valence-electron chi connectivity index (χ1n) is 6.49. The first kappa shape index (κ1) is 13.3. The number of hydrogen-bond acceptors (Lipinski definition) is 3. The highest BCUT2D eigenvalue weighted by molar-refractivity contribution is 5.56. The largest absolute Gasteiger partial charge is 0.394 e. The SMILES string of the molecule is CC(O)c1c(F)cccc1N1CCCCC1CO. The van der Waals surface area contributed by atoms with Gasteiger partial charge in [0.1, 0.15) is 5.82 Å². The number of rotatable bonds is 3. The third-order valence-corrected chi connectivity index (χ3v) is 3.59. The summed E-state index contributed by atoms with van der Waals surface area (Å²) in [6, 6.07) is 4.86. The number of aliphatic hydroxyl groups excluding tert-OH is 2. The van der Waals surface area contributed by atoms with Gasteiger partial charge in [0.25, 0.3) is 0 Å². The summed E-state index contributed by atoms with van der Waals surface area (Å²) in [7, 11) is 0. The van der Waals surface area contributed by atoms with E-state index >= 15 is 0 Å². The van der Waals surface area contributed by atoms with Gasteiger partial charge in [-0.2, -0.15) is 0 Å². The monoisotopic (exact) mass is 253 g/mol. The van der Waals surface area contributed by atoms with E-state index in [1.54, 1.807) is 13.0 Å². The Morgan fingerprint density at radius 2 is 2.22 bits per heavy atom. The average Bonchev–Trinajstić information content (AvgIpc) is 2.38. The van der Waals surface area contributed by atoms with E-state index in [0.29, 0.717) is 11.3 Å². The second kappa shape index (κ2) is 5.67. The Labute approximate surface area is 107 Å². The number of benzene rings is 1. The molecule has 1 aromatic carbocycles. The Morgan fingerprint density at radius 1 is 1.44 bits per heavy atom. The van der Waals surface area contributed by atoms with Crippen LogP contribution >= 0.6 is 0 Å². The van der Waals surface area contributed by atoms with Crippen LogP contribution in [0.2, 0.25) is 0 Å². The lowest BCUT2D eigenvalue weighted by atomic mass is 9.98. The molecule has 0 spiro atoms. The Balaban J connectivity index is 2.39. The van der Waals surface area contributed by atoms with Gasteiger partial charge >= 0.3 is 0 Å². The van der Waals surface area contributed by atoms with E-state index in [9.17, 15) is 14.6 Å². The van der Waals surface area contributed by atoms with Crippen molar-refractivity contribution < 1.29 is 14.6 Å². The molecule has 0 aromatic heterocycles. The number of nitrogens with zero attached hydrogens (tertiary/aromatic N) is 1. The Bertz CT molecular complexity index is 409. The minimum Gasteiger partial charge on any atom is -0.394 e. The summed E-state index contributed by atoms with van der Waals surface area (Å²) in [5.41, 5.74) is 1.04. The van der Waals surface area contributed by atoms with Crippen LogP contribution in [0.5, 0.6) is 0 Å². The molecule has 2 unspecified atom stereocenters. The van der Waals surface area contributed by atoms with Crippen molar-refractivity contribution in [3.63, 3.8) is 0 Å². The van der Waals surface area contributed by atoms with E-state index < -0.39 is 6.10 Å². The van der Waals surface area contributed by atoms with Gasteiger partial charge < -0.3 is 15.1 Å². The van der Waals surface area contributed by atoms with Crippen LogP contribution in [0.25, 0.3) is 0 Å². The van der Waals surface area contributed by atoms with Crippen LogP contribution in [-0.2, 0) is 0 Å². The Morgan fingerprint density at radius 3 is 2.89 bits per heavy atom. The first-order valence-corrected chi connectivity index (χ1v) is 6.49. The molecule has 3 nitrogen and oxygen atoms in total. The fraction of sp³-hybridized carbons (Fsp3) is 0.571. The van der Waals surface area contributed by atoms with E-state index in [4.69, 9.17) is 0 Å². The number of piperidine rings is 1. The molecule has 4 heteroatoms. The summed E-state index contributed by atoms with van der Waals surface area (Å²) in [6.45, 7) is 2.43. The maximum atomic E-state index is 13.8. The molecule has 1 fully saturated rings. The number of halogens is 1. The molecule has 1 heterocycles. The van der Waals surface area contributed by atoms with E-state index in [1.165, 1.54) is 6.07 Å². The number of hydrogen-bond donors (Lipinski definition) is 2. The van der Waals surface area contributed by atoms with Crippen molar-refractivity contribution in [2.45, 2.75) is 38.3 Å². The zero-order chi connectivity index (χ0) is 13.1. The molecule has 1 aliphatic rings. The molecule has 2 rings (SSSR count). The van der Waals surface area contributed by atoms with Crippen LogP contribution in [0, 0.1) is 5.82 Å². The molecule has 0 aliphatic carbocycles. The van der Waals surface area contributed by atoms with Crippen LogP contribution in [-0.4, -0.2) is 29.4 Å². The van der Waals surface area contributed by atoms with E-state index in [0.717, 1.165) is 25.8 Å². The lowest BCUT2D eigenvalue weighted by Gasteiger charge is -2.38. The molecular weight excluding hydrogens is 233 g/mol. The van der Waals surface area contributed by atoms with Gasteiger partial charge in [0.15, 0.2) is 0 Å². The summed E-state index contributed by atoms with van der Waals surface area (Å²) in [6.07, 6.45) is 2.18. The molecule has 2 atom stereocenters. The fourth-order valence-electron chi connectivity index (χ4n) is 2.70. The van der Waals surface area contributed by atoms with Gasteiger partial charge in [-0.25, -0.2) is 4.39 Å². The predicted molar refractivity (Wildman–Crippen MR) is 69.1 cm³/mol. The average molecular weight is 253 g/mol. The topological polar surface area (TPSA) is 43.7 Å². The van der Waals surface area contributed by atoms with Gasteiger partial charge in [-0.3, -0.25) is 0 Å². The van der Waals surface area contributed by atoms with Crippen LogP contribution in [0.3, 0.4) is 0 Å². The van der Waals surface area contributed by atoms with Crippen molar-refractivity contribution in [2.24, 2.45) is 0 Å². The Hall–Kier alpha value is -1.13. The van der Waals surface area contributed by atoms with Gasteiger partial charge in [0, 0.05) is 17.8 Å². The molecule has 100 valence electrons. The van der Waals surface area contributed by atoms with Crippen molar-refractivity contribution in [2.75, 3.05) is 18.1 Å². The van der Waals surface area contributed by atoms with Crippen molar-refractivity contribution in [3.05, 3.63) is 29.6 Å². The summed E-state index contributed by atoms with van der Waals surface area (Å²) >= 11 is 0. The number of anilines is 1. The highest BCUT2D eigenvalue weighted by atomic mass is 19.1. The zero-order valence-corrected chi connectivity index (χ0v) is 10.6. The normalized spacial score (nSPS) is 22.0. The molecule has 2 N–H and O–H groups in total. The van der Waals surface area contributed by atoms with Crippen LogP contribution in [0.15, 0.2) is 18.2 Å². The maximum Gasteiger partial charge on any atom is 0.131 e. The van der Waals surface area contributed by atoms with Gasteiger partial charge in [-0.1, -0.05) is 6.07 Å². The van der Waals surface area contributed by atoms with Crippen LogP contribution in [0.1, 0.15) is 37.9 Å². The summed E-state index contributed by atoms with van der Waals surface area (Å²) in [4.78, 5) is 2.02. The summed E-state index contributed by atoms with van der Waals surface area (Å²) in [5, 5.41) is 19.2. The lowest BCUT2D eigenvalue weighted by Crippen LogP contribution is -2.42. The third kappa shape index (κ3) is 2.49. The van der Waals surface area contributed by atoms with Gasteiger partial charge in [-0.15, -0.1) is 0 Å². The molecule has 0 radical (unpaired) electrons. The minimum absolute atomic E-state index is 0.0260. The van der Waals surface area contributed by atoms with Gasteiger partial charge in [-0.05, 0) is 38.3 Å². The molecular formula is C14H20FNO2. The summed E-state index contributed by atoms with van der Waals surface area (Å²) < 4.78 is 13.8. The number of aliphatic hydroxyl groups is 2. The smallest absolute Gasteiger partial charge is 0.131 e. The van der Waals surface area contributed by atoms with Crippen LogP contribution < -0.4 is 4.90 Å². The molecule has 1 aliphatic heterocycles. The van der Waals surface area contributed by atoms with Crippen molar-refractivity contribution in [1.29, 1.82) is 0 Å². The van der Waals surface area contributed by atoms with Gasteiger partial charge in [0.2, 0.25) is 0 Å². The highest BCUT2D eigenvalue weighted by Crippen LogP contribution is 2.32. The van der Waals surface area contributed by atoms with E-state index in [1.807, 2.05) is 11.0 Å².